The maximum absolute atomic E-state index is 13.6. The Labute approximate surface area is 263 Å². The van der Waals surface area contributed by atoms with Gasteiger partial charge in [-0.3, -0.25) is 0 Å². The van der Waals surface area contributed by atoms with Gasteiger partial charge in [-0.05, 0) is 0 Å². The van der Waals surface area contributed by atoms with Crippen LogP contribution < -0.4 is 0 Å². The van der Waals surface area contributed by atoms with E-state index in [1.807, 2.05) is 102 Å². The highest BCUT2D eigenvalue weighted by Gasteiger charge is 2.26. The molecule has 212 valence electrons. The maximum atomic E-state index is 13.6. The van der Waals surface area contributed by atoms with E-state index < -0.39 is 10.3 Å². The molecule has 5 heterocycles. The van der Waals surface area contributed by atoms with Crippen LogP contribution in [0.5, 0.6) is 0 Å². The Hall–Kier alpha value is -5.32. The minimum atomic E-state index is -4.43. The zero-order chi connectivity index (χ0) is 30.3. The molecule has 0 saturated carbocycles. The molecule has 0 unspecified atom stereocenters. The van der Waals surface area contributed by atoms with Crippen LogP contribution in [0.2, 0.25) is 0 Å². The summed E-state index contributed by atoms with van der Waals surface area (Å²) in [4.78, 5) is 32.7. The third kappa shape index (κ3) is 3.89. The zero-order valence-electron chi connectivity index (χ0n) is 23.1. The molecule has 0 amide bonds. The third-order valence-electron chi connectivity index (χ3n) is 7.91. The summed E-state index contributed by atoms with van der Waals surface area (Å²) < 4.78 is 33.2. The average molecular weight is 621 g/mol. The summed E-state index contributed by atoms with van der Waals surface area (Å²) in [5.41, 5.74) is 4.22. The van der Waals surface area contributed by atoms with Gasteiger partial charge in [-0.25, -0.2) is 29.9 Å². The van der Waals surface area contributed by atoms with Crippen molar-refractivity contribution in [3.63, 3.8) is 0 Å². The van der Waals surface area contributed by atoms with Crippen molar-refractivity contribution in [3.05, 3.63) is 97.1 Å². The molecule has 1 N–H and O–H groups in total. The number of aromatic nitrogens is 8. The Morgan fingerprint density at radius 1 is 0.511 bits per heavy atom. The lowest BCUT2D eigenvalue weighted by molar-refractivity contribution is 0.500. The molecule has 3 aromatic heterocycles. The number of benzene rings is 4. The second kappa shape index (κ2) is 9.59. The van der Waals surface area contributed by atoms with E-state index in [4.69, 9.17) is 33.1 Å². The first-order chi connectivity index (χ1) is 22.0. The fourth-order valence-corrected chi connectivity index (χ4v) is 6.96. The van der Waals surface area contributed by atoms with Crippen molar-refractivity contribution in [1.29, 1.82) is 0 Å². The van der Waals surface area contributed by atoms with Gasteiger partial charge in [-0.1, -0.05) is 97.1 Å². The molecule has 0 spiro atoms. The van der Waals surface area contributed by atoms with E-state index in [0.29, 0.717) is 56.5 Å². The minimum Gasteiger partial charge on any atom is -0.407 e. The summed E-state index contributed by atoms with van der Waals surface area (Å²) in [5.74, 6) is 1.44. The number of nitrogens with zero attached hydrogens (tertiary/aromatic N) is 7. The summed E-state index contributed by atoms with van der Waals surface area (Å²) in [6.45, 7) is 0. The van der Waals surface area contributed by atoms with Gasteiger partial charge < -0.3 is 8.22 Å². The Bertz CT molecular complexity index is 2520. The number of H-pyrrole nitrogens is 1. The lowest BCUT2D eigenvalue weighted by atomic mass is 10.1. The lowest BCUT2D eigenvalue weighted by Crippen LogP contribution is -2.15. The smallest absolute Gasteiger partial charge is 0.407 e. The number of nitrogens with one attached hydrogen (secondary N) is 1. The topological polar surface area (TPSA) is 141 Å². The highest BCUT2D eigenvalue weighted by Crippen LogP contribution is 2.37. The Balaban J connectivity index is 1.57. The molecule has 4 aromatic carbocycles. The monoisotopic (exact) mass is 620 g/mol. The number of hydrogen-bond donors (Lipinski definition) is 1. The fourth-order valence-electron chi connectivity index (χ4n) is 5.92. The Morgan fingerprint density at radius 3 is 1.27 bits per heavy atom. The molecule has 0 fully saturated rings. The predicted octanol–water partition coefficient (Wildman–Crippen LogP) is 5.54. The molecule has 2 radical (unpaired) electrons. The molecule has 8 bridgehead atoms. The van der Waals surface area contributed by atoms with Crippen LogP contribution in [-0.4, -0.2) is 63.9 Å². The van der Waals surface area contributed by atoms with Gasteiger partial charge in [0.25, 0.3) is 0 Å². The molecule has 45 heavy (non-hydrogen) atoms. The summed E-state index contributed by atoms with van der Waals surface area (Å²) >= 11 is 1.81. The van der Waals surface area contributed by atoms with Gasteiger partial charge in [0, 0.05) is 43.8 Å². The van der Waals surface area contributed by atoms with Gasteiger partial charge in [0.15, 0.2) is 34.6 Å². The average Bonchev–Trinajstić information content (AvgIpc) is 3.79. The zero-order valence-corrected chi connectivity index (χ0v) is 25.0. The highest BCUT2D eigenvalue weighted by atomic mass is 32.2. The first-order valence-corrected chi connectivity index (χ1v) is 15.7. The van der Waals surface area contributed by atoms with Crippen LogP contribution in [0.15, 0.2) is 97.1 Å². The van der Waals surface area contributed by atoms with E-state index in [1.165, 1.54) is 0 Å². The van der Waals surface area contributed by atoms with Gasteiger partial charge in [-0.2, -0.15) is 12.4 Å². The molecule has 0 atom stereocenters. The van der Waals surface area contributed by atoms with Gasteiger partial charge in [0.1, 0.15) is 11.3 Å². The summed E-state index contributed by atoms with van der Waals surface area (Å²) in [6, 6.07) is 30.1. The maximum Gasteiger partial charge on any atom is 0.407 e. The number of rotatable bonds is 2. The molecule has 7 aromatic rings. The van der Waals surface area contributed by atoms with E-state index in [-0.39, 0.29) is 11.3 Å². The molecule has 9 rings (SSSR count). The van der Waals surface area contributed by atoms with Crippen LogP contribution in [0.3, 0.4) is 0 Å². The second-order valence-electron chi connectivity index (χ2n) is 10.4. The normalized spacial score (nSPS) is 12.4. The summed E-state index contributed by atoms with van der Waals surface area (Å²) in [6.07, 6.45) is 0. The largest absolute Gasteiger partial charge is 0.407 e. The summed E-state index contributed by atoms with van der Waals surface area (Å²) in [7, 11) is -4.43. The van der Waals surface area contributed by atoms with Gasteiger partial charge in [0.05, 0.1) is 0 Å². The number of aromatic amines is 1. The van der Waals surface area contributed by atoms with E-state index in [1.54, 1.807) is 12.1 Å². The van der Waals surface area contributed by atoms with Crippen LogP contribution >= 0.6 is 0 Å². The van der Waals surface area contributed by atoms with Crippen molar-refractivity contribution in [2.45, 2.75) is 0 Å². The molecule has 11 nitrogen and oxygen atoms in total. The van der Waals surface area contributed by atoms with E-state index in [0.717, 1.165) is 25.9 Å². The van der Waals surface area contributed by atoms with Crippen LogP contribution in [-0.2, 0) is 13.5 Å². The van der Waals surface area contributed by atoms with E-state index >= 15 is 0 Å². The number of hydrogen-bond acceptors (Lipinski definition) is 9. The minimum absolute atomic E-state index is 0.0853. The Kier molecular flexibility index (Phi) is 5.57. The summed E-state index contributed by atoms with van der Waals surface area (Å²) in [5, 5.41) is 2.80. The standard InChI is InChI=1S/C32H18N8O3S.Al/c41-44(42,43)40-31-23-15-7-8-16-24(23)32(40)39-30-22-14-6-4-12-20(22)28(37-30)35-26-18-10-2-1-9-17(18)25(33-26)34-27-19-11-3-5-13-21(19)29(36-27)38-31;/h1-16H,(H,41,42,43)(H,33,34,35,36,37,38,39);/q;+1/p-1. The molecule has 2 aliphatic heterocycles. The first-order valence-electron chi connectivity index (χ1n) is 13.9. The van der Waals surface area contributed by atoms with Crippen LogP contribution in [0.25, 0.3) is 89.7 Å². The van der Waals surface area contributed by atoms with Gasteiger partial charge >= 0.3 is 26.9 Å². The molecular weight excluding hydrogens is 603 g/mol. The van der Waals surface area contributed by atoms with Crippen LogP contribution in [0.4, 0.5) is 0 Å². The fraction of sp³-hybridized carbons (Fsp3) is 0. The molecule has 13 heteroatoms. The second-order valence-corrected chi connectivity index (χ2v) is 12.4. The third-order valence-corrected chi connectivity index (χ3v) is 9.68. The van der Waals surface area contributed by atoms with Crippen molar-refractivity contribution in [3.8, 4) is 45.6 Å². The molecule has 0 saturated heterocycles. The van der Waals surface area contributed by atoms with Crippen LogP contribution in [0, 0.1) is 0 Å². The SMILES string of the molecule is O=S(=O)([O][Al])n1c2nc3nc(nc4[nH]c(nc5nc(nc1c1ccccc12)-c1ccccc1-5)c1ccccc41)-c1ccccc1-3. The number of fused-ring (bicyclic) bond motifs is 20. The van der Waals surface area contributed by atoms with Crippen molar-refractivity contribution in [2.24, 2.45) is 0 Å². The highest BCUT2D eigenvalue weighted by molar-refractivity contribution is 7.86. The van der Waals surface area contributed by atoms with E-state index in [2.05, 4.69) is 4.98 Å². The van der Waals surface area contributed by atoms with Crippen molar-refractivity contribution in [1.82, 2.24) is 38.9 Å². The first kappa shape index (κ1) is 26.1. The van der Waals surface area contributed by atoms with Crippen LogP contribution in [0.1, 0.15) is 0 Å². The molecule has 2 aliphatic rings. The van der Waals surface area contributed by atoms with E-state index in [9.17, 15) is 8.42 Å². The van der Waals surface area contributed by atoms with Crippen molar-refractivity contribution >= 4 is 71.1 Å². The van der Waals surface area contributed by atoms with Gasteiger partial charge in [0.2, 0.25) is 0 Å². The molecule has 0 aliphatic carbocycles. The van der Waals surface area contributed by atoms with Crippen molar-refractivity contribution in [2.75, 3.05) is 0 Å². The Morgan fingerprint density at radius 2 is 0.867 bits per heavy atom. The molecular formula is C32H17AlN8O3S. The quantitative estimate of drug-likeness (QED) is 0.247. The van der Waals surface area contributed by atoms with Crippen molar-refractivity contribution < 1.29 is 11.7 Å². The lowest BCUT2D eigenvalue weighted by Gasteiger charge is -2.06. The van der Waals surface area contributed by atoms with Gasteiger partial charge in [-0.15, -0.1) is 0 Å². The predicted molar refractivity (Wildman–Crippen MR) is 171 cm³/mol.